The molecule has 1 saturated heterocycles. The van der Waals surface area contributed by atoms with Crippen LogP contribution in [0.3, 0.4) is 0 Å². The fourth-order valence-corrected chi connectivity index (χ4v) is 4.23. The van der Waals surface area contributed by atoms with Gasteiger partial charge in [0.2, 0.25) is 11.8 Å². The molecule has 0 N–H and O–H groups in total. The number of rotatable bonds is 4. The molecule has 6 nitrogen and oxygen atoms in total. The summed E-state index contributed by atoms with van der Waals surface area (Å²) in [6.07, 6.45) is 3.32. The number of halogens is 1. The van der Waals surface area contributed by atoms with Crippen molar-refractivity contribution in [3.63, 3.8) is 0 Å². The van der Waals surface area contributed by atoms with E-state index in [0.29, 0.717) is 23.3 Å². The van der Waals surface area contributed by atoms with E-state index >= 15 is 0 Å². The lowest BCUT2D eigenvalue weighted by molar-refractivity contribution is 0.147. The normalized spacial score (nSPS) is 21.6. The van der Waals surface area contributed by atoms with Gasteiger partial charge in [0.05, 0.1) is 12.2 Å². The molecule has 3 heterocycles. The molecule has 5 rings (SSSR count). The van der Waals surface area contributed by atoms with Gasteiger partial charge in [0, 0.05) is 17.5 Å². The standard InChI is InChI=1S/C20H21FN4O2/c1-13-9-16(27-24-13)12-25-7-5-20(6-8-25)11-17(20)19-23-22-18(26-19)14-3-2-4-15(21)10-14/h2-4,9-10,17H,5-8,11-12H2,1H3. The van der Waals surface area contributed by atoms with Gasteiger partial charge < -0.3 is 8.94 Å². The first-order valence-corrected chi connectivity index (χ1v) is 9.35. The van der Waals surface area contributed by atoms with Gasteiger partial charge in [-0.15, -0.1) is 10.2 Å². The first kappa shape index (κ1) is 16.6. The Morgan fingerprint density at radius 1 is 1.22 bits per heavy atom. The summed E-state index contributed by atoms with van der Waals surface area (Å²) in [5, 5.41) is 12.3. The second-order valence-corrected chi connectivity index (χ2v) is 7.79. The van der Waals surface area contributed by atoms with Crippen LogP contribution in [0.15, 0.2) is 39.3 Å². The molecule has 1 spiro atoms. The van der Waals surface area contributed by atoms with Gasteiger partial charge in [0.1, 0.15) is 5.82 Å². The highest BCUT2D eigenvalue weighted by atomic mass is 19.1. The van der Waals surface area contributed by atoms with E-state index in [-0.39, 0.29) is 11.2 Å². The molecule has 140 valence electrons. The van der Waals surface area contributed by atoms with Gasteiger partial charge in [0.25, 0.3) is 0 Å². The zero-order valence-electron chi connectivity index (χ0n) is 15.2. The van der Waals surface area contributed by atoms with Crippen molar-refractivity contribution in [2.75, 3.05) is 13.1 Å². The van der Waals surface area contributed by atoms with Crippen LogP contribution < -0.4 is 0 Å². The molecule has 2 aliphatic rings. The quantitative estimate of drug-likeness (QED) is 0.695. The molecule has 2 aromatic heterocycles. The predicted octanol–water partition coefficient (Wildman–Crippen LogP) is 3.94. The predicted molar refractivity (Wildman–Crippen MR) is 95.2 cm³/mol. The fourth-order valence-electron chi connectivity index (χ4n) is 4.23. The molecule has 27 heavy (non-hydrogen) atoms. The Hall–Kier alpha value is -2.54. The minimum Gasteiger partial charge on any atom is -0.420 e. The van der Waals surface area contributed by atoms with E-state index in [1.165, 1.54) is 12.1 Å². The maximum Gasteiger partial charge on any atom is 0.247 e. The molecule has 0 amide bonds. The van der Waals surface area contributed by atoms with Gasteiger partial charge in [0.15, 0.2) is 5.76 Å². The topological polar surface area (TPSA) is 68.2 Å². The smallest absolute Gasteiger partial charge is 0.247 e. The number of likely N-dealkylation sites (tertiary alicyclic amines) is 1. The number of hydrogen-bond donors (Lipinski definition) is 0. The van der Waals surface area contributed by atoms with Crippen LogP contribution in [0.2, 0.25) is 0 Å². The molecule has 1 unspecified atom stereocenters. The molecule has 7 heteroatoms. The van der Waals surface area contributed by atoms with Crippen molar-refractivity contribution in [1.82, 2.24) is 20.3 Å². The van der Waals surface area contributed by atoms with E-state index in [9.17, 15) is 4.39 Å². The highest BCUT2D eigenvalue weighted by molar-refractivity contribution is 5.52. The average molecular weight is 368 g/mol. The Morgan fingerprint density at radius 3 is 2.81 bits per heavy atom. The summed E-state index contributed by atoms with van der Waals surface area (Å²) in [4.78, 5) is 2.41. The third-order valence-corrected chi connectivity index (χ3v) is 5.91. The van der Waals surface area contributed by atoms with Crippen molar-refractivity contribution in [2.45, 2.75) is 38.6 Å². The minimum atomic E-state index is -0.301. The highest BCUT2D eigenvalue weighted by Gasteiger charge is 2.58. The van der Waals surface area contributed by atoms with Crippen molar-refractivity contribution >= 4 is 0 Å². The average Bonchev–Trinajstić information content (AvgIpc) is 2.99. The van der Waals surface area contributed by atoms with Crippen LogP contribution in [0.5, 0.6) is 0 Å². The van der Waals surface area contributed by atoms with Gasteiger partial charge in [-0.2, -0.15) is 0 Å². The Morgan fingerprint density at radius 2 is 2.07 bits per heavy atom. The Kier molecular flexibility index (Phi) is 3.86. The molecule has 1 aliphatic carbocycles. The third kappa shape index (κ3) is 3.16. The number of piperidine rings is 1. The maximum absolute atomic E-state index is 13.4. The van der Waals surface area contributed by atoms with E-state index in [1.807, 2.05) is 13.0 Å². The van der Waals surface area contributed by atoms with Crippen LogP contribution in [0.4, 0.5) is 4.39 Å². The zero-order valence-corrected chi connectivity index (χ0v) is 15.2. The molecule has 1 atom stereocenters. The van der Waals surface area contributed by atoms with Gasteiger partial charge in [-0.3, -0.25) is 4.90 Å². The molecule has 1 aliphatic heterocycles. The first-order chi connectivity index (χ1) is 13.1. The molecule has 1 aromatic carbocycles. The van der Waals surface area contributed by atoms with E-state index in [2.05, 4.69) is 20.3 Å². The molecule has 0 radical (unpaired) electrons. The Bertz CT molecular complexity index is 958. The molecular weight excluding hydrogens is 347 g/mol. The number of aryl methyl sites for hydroxylation is 1. The lowest BCUT2D eigenvalue weighted by atomic mass is 9.90. The van der Waals surface area contributed by atoms with Crippen LogP contribution in [0, 0.1) is 18.2 Å². The summed E-state index contributed by atoms with van der Waals surface area (Å²) in [5.74, 6) is 2.03. The lowest BCUT2D eigenvalue weighted by Crippen LogP contribution is -2.34. The van der Waals surface area contributed by atoms with Crippen molar-refractivity contribution in [3.05, 3.63) is 53.5 Å². The fraction of sp³-hybridized carbons (Fsp3) is 0.450. The zero-order chi connectivity index (χ0) is 18.4. The summed E-state index contributed by atoms with van der Waals surface area (Å²) in [6.45, 7) is 4.81. The minimum absolute atomic E-state index is 0.277. The van der Waals surface area contributed by atoms with Gasteiger partial charge in [-0.25, -0.2) is 4.39 Å². The third-order valence-electron chi connectivity index (χ3n) is 5.91. The van der Waals surface area contributed by atoms with Gasteiger partial charge in [-0.05, 0) is 62.9 Å². The molecule has 0 bridgehead atoms. The van der Waals surface area contributed by atoms with Crippen LogP contribution in [-0.4, -0.2) is 33.3 Å². The number of nitrogens with zero attached hydrogens (tertiary/aromatic N) is 4. The van der Waals surface area contributed by atoms with Gasteiger partial charge >= 0.3 is 0 Å². The largest absolute Gasteiger partial charge is 0.420 e. The summed E-state index contributed by atoms with van der Waals surface area (Å²) < 4.78 is 24.6. The highest BCUT2D eigenvalue weighted by Crippen LogP contribution is 2.64. The van der Waals surface area contributed by atoms with E-state index < -0.39 is 0 Å². The molecule has 1 saturated carbocycles. The molecule has 2 fully saturated rings. The summed E-state index contributed by atoms with van der Waals surface area (Å²) in [5.41, 5.74) is 1.83. The van der Waals surface area contributed by atoms with E-state index in [1.54, 1.807) is 12.1 Å². The van der Waals surface area contributed by atoms with Crippen molar-refractivity contribution in [2.24, 2.45) is 5.41 Å². The second-order valence-electron chi connectivity index (χ2n) is 7.79. The number of hydrogen-bond acceptors (Lipinski definition) is 6. The second kappa shape index (κ2) is 6.27. The van der Waals surface area contributed by atoms with Crippen LogP contribution in [0.25, 0.3) is 11.5 Å². The van der Waals surface area contributed by atoms with Crippen LogP contribution >= 0.6 is 0 Å². The van der Waals surface area contributed by atoms with Gasteiger partial charge in [-0.1, -0.05) is 11.2 Å². The monoisotopic (exact) mass is 368 g/mol. The maximum atomic E-state index is 13.4. The van der Waals surface area contributed by atoms with Crippen molar-refractivity contribution < 1.29 is 13.3 Å². The number of benzene rings is 1. The summed E-state index contributed by atoms with van der Waals surface area (Å²) in [6, 6.07) is 8.26. The first-order valence-electron chi connectivity index (χ1n) is 9.35. The molecular formula is C20H21FN4O2. The van der Waals surface area contributed by atoms with E-state index in [0.717, 1.165) is 50.4 Å². The number of aromatic nitrogens is 3. The van der Waals surface area contributed by atoms with E-state index in [4.69, 9.17) is 8.94 Å². The summed E-state index contributed by atoms with van der Waals surface area (Å²) in [7, 11) is 0. The Balaban J connectivity index is 1.22. The SMILES string of the molecule is Cc1cc(CN2CCC3(CC2)CC3c2nnc(-c3cccc(F)c3)o2)on1. The van der Waals surface area contributed by atoms with Crippen LogP contribution in [0.1, 0.15) is 42.5 Å². The lowest BCUT2D eigenvalue weighted by Gasteiger charge is -2.31. The van der Waals surface area contributed by atoms with Crippen LogP contribution in [-0.2, 0) is 6.54 Å². The van der Waals surface area contributed by atoms with Crippen molar-refractivity contribution in [3.8, 4) is 11.5 Å². The summed E-state index contributed by atoms with van der Waals surface area (Å²) >= 11 is 0. The van der Waals surface area contributed by atoms with Crippen molar-refractivity contribution in [1.29, 1.82) is 0 Å². The molecule has 3 aromatic rings. The Labute approximate surface area is 156 Å².